The molecule has 1 saturated heterocycles. The number of nitrogens with zero attached hydrogens (tertiary/aromatic N) is 4. The van der Waals surface area contributed by atoms with Gasteiger partial charge >= 0.3 is 0 Å². The smallest absolute Gasteiger partial charge is 0.252 e. The molecule has 1 aliphatic rings. The molecule has 1 fully saturated rings. The molecule has 0 saturated carbocycles. The van der Waals surface area contributed by atoms with Crippen molar-refractivity contribution in [2.45, 2.75) is 38.4 Å². The summed E-state index contributed by atoms with van der Waals surface area (Å²) in [5, 5.41) is 26.4. The number of hydrogen-bond donors (Lipinski definition) is 4. The van der Waals surface area contributed by atoms with E-state index < -0.39 is 30.4 Å². The van der Waals surface area contributed by atoms with Gasteiger partial charge in [-0.1, -0.05) is 0 Å². The summed E-state index contributed by atoms with van der Waals surface area (Å²) in [6, 6.07) is 3.56. The summed E-state index contributed by atoms with van der Waals surface area (Å²) < 4.78 is 12.8. The zero-order chi connectivity index (χ0) is 20.7. The first-order chi connectivity index (χ1) is 13.9. The number of carbonyl (C=O) groups is 1. The summed E-state index contributed by atoms with van der Waals surface area (Å²) in [7, 11) is 1.70. The number of anilines is 1. The molecule has 29 heavy (non-hydrogen) atoms. The van der Waals surface area contributed by atoms with Crippen LogP contribution in [0.25, 0.3) is 22.7 Å². The van der Waals surface area contributed by atoms with E-state index in [4.69, 9.17) is 9.15 Å². The highest BCUT2D eigenvalue weighted by Crippen LogP contribution is 2.33. The van der Waals surface area contributed by atoms with Crippen molar-refractivity contribution in [1.29, 1.82) is 0 Å². The molecule has 11 heteroatoms. The van der Waals surface area contributed by atoms with Crippen molar-refractivity contribution >= 4 is 22.9 Å². The largest absolute Gasteiger partial charge is 0.458 e. The molecule has 11 nitrogen and oxygen atoms in total. The summed E-state index contributed by atoms with van der Waals surface area (Å²) in [5.74, 6) is 1.48. The molecular formula is C18H22N6O5. The SMILES string of the molecule is CCNC(=O)C1OC(n2cnc3c(NC)nc(-c4ccc(C)o4)nc32)C(O)C1O. The van der Waals surface area contributed by atoms with E-state index in [0.29, 0.717) is 40.9 Å². The van der Waals surface area contributed by atoms with Gasteiger partial charge in [-0.3, -0.25) is 9.36 Å². The van der Waals surface area contributed by atoms with Gasteiger partial charge in [-0.2, -0.15) is 0 Å². The predicted octanol–water partition coefficient (Wildman–Crippen LogP) is 0.192. The lowest BCUT2D eigenvalue weighted by molar-refractivity contribution is -0.137. The number of likely N-dealkylation sites (N-methyl/N-ethyl adjacent to an activating group) is 1. The fourth-order valence-corrected chi connectivity index (χ4v) is 3.32. The molecule has 0 spiro atoms. The van der Waals surface area contributed by atoms with Crippen molar-refractivity contribution in [3.05, 3.63) is 24.2 Å². The normalized spacial score (nSPS) is 24.2. The van der Waals surface area contributed by atoms with Gasteiger partial charge in [0.2, 0.25) is 0 Å². The summed E-state index contributed by atoms with van der Waals surface area (Å²) >= 11 is 0. The van der Waals surface area contributed by atoms with E-state index in [1.54, 1.807) is 26.1 Å². The van der Waals surface area contributed by atoms with Crippen LogP contribution in [0.4, 0.5) is 5.82 Å². The van der Waals surface area contributed by atoms with E-state index in [0.717, 1.165) is 0 Å². The highest BCUT2D eigenvalue weighted by molar-refractivity contribution is 5.85. The Morgan fingerprint density at radius 3 is 2.72 bits per heavy atom. The average molecular weight is 402 g/mol. The van der Waals surface area contributed by atoms with Crippen molar-refractivity contribution in [2.24, 2.45) is 0 Å². The zero-order valence-corrected chi connectivity index (χ0v) is 16.2. The van der Waals surface area contributed by atoms with Gasteiger partial charge in [-0.25, -0.2) is 15.0 Å². The third-order valence-electron chi connectivity index (χ3n) is 4.74. The van der Waals surface area contributed by atoms with Crippen LogP contribution in [-0.4, -0.2) is 67.5 Å². The minimum atomic E-state index is -1.39. The number of hydrogen-bond acceptors (Lipinski definition) is 9. The Hall–Kier alpha value is -3.02. The second kappa shape index (κ2) is 7.43. The van der Waals surface area contributed by atoms with Crippen LogP contribution in [0.15, 0.2) is 22.9 Å². The van der Waals surface area contributed by atoms with Crippen molar-refractivity contribution < 1.29 is 24.2 Å². The molecule has 3 aromatic rings. The molecular weight excluding hydrogens is 380 g/mol. The summed E-state index contributed by atoms with van der Waals surface area (Å²) in [6.45, 7) is 3.95. The Morgan fingerprint density at radius 1 is 1.28 bits per heavy atom. The number of furan rings is 1. The number of aliphatic hydroxyl groups is 2. The quantitative estimate of drug-likeness (QED) is 0.469. The number of amides is 1. The molecule has 1 amide bonds. The Kier molecular flexibility index (Phi) is 4.94. The van der Waals surface area contributed by atoms with Crippen LogP contribution in [0.5, 0.6) is 0 Å². The van der Waals surface area contributed by atoms with E-state index in [2.05, 4.69) is 25.6 Å². The summed E-state index contributed by atoms with van der Waals surface area (Å²) in [5.41, 5.74) is 0.812. The maximum Gasteiger partial charge on any atom is 0.252 e. The van der Waals surface area contributed by atoms with E-state index in [1.165, 1.54) is 10.9 Å². The first-order valence-corrected chi connectivity index (χ1v) is 9.23. The molecule has 4 atom stereocenters. The maximum atomic E-state index is 12.1. The van der Waals surface area contributed by atoms with Crippen LogP contribution in [-0.2, 0) is 9.53 Å². The maximum absolute atomic E-state index is 12.1. The van der Waals surface area contributed by atoms with Crippen molar-refractivity contribution in [3.8, 4) is 11.6 Å². The minimum absolute atomic E-state index is 0.324. The Labute approximate surface area is 165 Å². The second-order valence-electron chi connectivity index (χ2n) is 6.70. The third-order valence-corrected chi connectivity index (χ3v) is 4.74. The summed E-state index contributed by atoms with van der Waals surface area (Å²) in [6.07, 6.45) is -3.55. The Balaban J connectivity index is 1.77. The Morgan fingerprint density at radius 2 is 2.07 bits per heavy atom. The number of nitrogens with one attached hydrogen (secondary N) is 2. The van der Waals surface area contributed by atoms with E-state index in [9.17, 15) is 15.0 Å². The highest BCUT2D eigenvalue weighted by Gasteiger charge is 2.47. The second-order valence-corrected chi connectivity index (χ2v) is 6.70. The number of carbonyl (C=O) groups excluding carboxylic acids is 1. The monoisotopic (exact) mass is 402 g/mol. The van der Waals surface area contributed by atoms with Gasteiger partial charge < -0.3 is 30.0 Å². The number of imidazole rings is 1. The number of rotatable bonds is 5. The van der Waals surface area contributed by atoms with Crippen molar-refractivity contribution in [3.63, 3.8) is 0 Å². The first kappa shape index (κ1) is 19.3. The minimum Gasteiger partial charge on any atom is -0.458 e. The van der Waals surface area contributed by atoms with Gasteiger partial charge in [-0.15, -0.1) is 0 Å². The number of aromatic nitrogens is 4. The molecule has 3 aromatic heterocycles. The molecule has 4 heterocycles. The van der Waals surface area contributed by atoms with Crippen molar-refractivity contribution in [2.75, 3.05) is 18.9 Å². The van der Waals surface area contributed by atoms with Crippen LogP contribution >= 0.6 is 0 Å². The highest BCUT2D eigenvalue weighted by atomic mass is 16.6. The van der Waals surface area contributed by atoms with Gasteiger partial charge in [0.15, 0.2) is 40.9 Å². The van der Waals surface area contributed by atoms with Crippen LogP contribution < -0.4 is 10.6 Å². The topological polar surface area (TPSA) is 148 Å². The first-order valence-electron chi connectivity index (χ1n) is 9.23. The van der Waals surface area contributed by atoms with Gasteiger partial charge in [0.05, 0.1) is 6.33 Å². The lowest BCUT2D eigenvalue weighted by Gasteiger charge is -2.16. The lowest BCUT2D eigenvalue weighted by atomic mass is 10.1. The number of aliphatic hydroxyl groups excluding tert-OH is 2. The zero-order valence-electron chi connectivity index (χ0n) is 16.2. The lowest BCUT2D eigenvalue weighted by Crippen LogP contribution is -2.42. The van der Waals surface area contributed by atoms with Crippen LogP contribution in [0, 0.1) is 6.92 Å². The molecule has 154 valence electrons. The fraction of sp³-hybridized carbons (Fsp3) is 0.444. The van der Waals surface area contributed by atoms with Gasteiger partial charge in [-0.05, 0) is 26.0 Å². The van der Waals surface area contributed by atoms with Crippen LogP contribution in [0.3, 0.4) is 0 Å². The number of fused-ring (bicyclic) bond motifs is 1. The molecule has 4 rings (SSSR count). The molecule has 0 aromatic carbocycles. The molecule has 0 aliphatic carbocycles. The molecule has 4 N–H and O–H groups in total. The van der Waals surface area contributed by atoms with E-state index >= 15 is 0 Å². The number of aryl methyl sites for hydroxylation is 1. The predicted molar refractivity (Wildman–Crippen MR) is 102 cm³/mol. The average Bonchev–Trinajstić information content (AvgIpc) is 3.40. The summed E-state index contributed by atoms with van der Waals surface area (Å²) in [4.78, 5) is 25.4. The fourth-order valence-electron chi connectivity index (χ4n) is 3.32. The van der Waals surface area contributed by atoms with Crippen molar-refractivity contribution in [1.82, 2.24) is 24.8 Å². The van der Waals surface area contributed by atoms with E-state index in [1.807, 2.05) is 6.92 Å². The third kappa shape index (κ3) is 3.22. The molecule has 4 unspecified atom stereocenters. The van der Waals surface area contributed by atoms with E-state index in [-0.39, 0.29) is 0 Å². The van der Waals surface area contributed by atoms with Crippen LogP contribution in [0.1, 0.15) is 18.9 Å². The Bertz CT molecular complexity index is 1050. The molecule has 0 radical (unpaired) electrons. The molecule has 0 bridgehead atoms. The van der Waals surface area contributed by atoms with Gasteiger partial charge in [0.1, 0.15) is 18.0 Å². The standard InChI is InChI=1S/C18H22N6O5/c1-4-20-17(27)13-11(25)12(26)18(29-13)24-7-21-10-15(19-3)22-14(23-16(10)24)9-6-5-8(2)28-9/h5-7,11-13,18,25-26H,4H2,1-3H3,(H,20,27)(H,19,22,23). The van der Waals surface area contributed by atoms with Crippen LogP contribution in [0.2, 0.25) is 0 Å². The molecule has 1 aliphatic heterocycles. The number of ether oxygens (including phenoxy) is 1. The van der Waals surface area contributed by atoms with Gasteiger partial charge in [0.25, 0.3) is 5.91 Å². The van der Waals surface area contributed by atoms with Gasteiger partial charge in [0, 0.05) is 13.6 Å².